The lowest BCUT2D eigenvalue weighted by Gasteiger charge is -2.18. The molecule has 1 unspecified atom stereocenters. The number of carbonyl (C=O) groups excluding carboxylic acids is 3. The van der Waals surface area contributed by atoms with Crippen molar-refractivity contribution in [2.24, 2.45) is 0 Å². The van der Waals surface area contributed by atoms with Crippen molar-refractivity contribution in [2.45, 2.75) is 348 Å². The summed E-state index contributed by atoms with van der Waals surface area (Å²) in [6.07, 6.45) is 88.8. The third kappa shape index (κ3) is 65.3. The molecule has 0 fully saturated rings. The first-order valence-corrected chi connectivity index (χ1v) is 34.1. The van der Waals surface area contributed by atoms with E-state index in [1.807, 2.05) is 0 Å². The Morgan fingerprint density at radius 2 is 0.494 bits per heavy atom. The Balaban J connectivity index is 4.35. The molecular weight excluding hydrogens is 973 g/mol. The summed E-state index contributed by atoms with van der Waals surface area (Å²) in [7, 11) is 0. The minimum absolute atomic E-state index is 0.0825. The molecule has 0 rings (SSSR count). The predicted octanol–water partition coefficient (Wildman–Crippen LogP) is 23.4. The van der Waals surface area contributed by atoms with E-state index in [-0.39, 0.29) is 31.1 Å². The molecule has 0 aliphatic carbocycles. The molecular formula is C73H128O6. The topological polar surface area (TPSA) is 78.9 Å². The van der Waals surface area contributed by atoms with Crippen molar-refractivity contribution in [2.75, 3.05) is 13.2 Å². The summed E-state index contributed by atoms with van der Waals surface area (Å²) in [6.45, 7) is 6.54. The second-order valence-electron chi connectivity index (χ2n) is 22.7. The zero-order valence-corrected chi connectivity index (χ0v) is 52.4. The highest BCUT2D eigenvalue weighted by Crippen LogP contribution is 2.17. The smallest absolute Gasteiger partial charge is 0.306 e. The lowest BCUT2D eigenvalue weighted by Crippen LogP contribution is -2.30. The Hall–Kier alpha value is -3.41. The van der Waals surface area contributed by atoms with Crippen molar-refractivity contribution >= 4 is 17.9 Å². The van der Waals surface area contributed by atoms with Gasteiger partial charge in [0, 0.05) is 19.3 Å². The molecule has 0 aliphatic rings. The minimum atomic E-state index is -0.788. The molecule has 0 amide bonds. The molecule has 6 heteroatoms. The van der Waals surface area contributed by atoms with Gasteiger partial charge in [-0.2, -0.15) is 0 Å². The number of ether oxygens (including phenoxy) is 3. The van der Waals surface area contributed by atoms with Crippen molar-refractivity contribution in [3.05, 3.63) is 85.1 Å². The van der Waals surface area contributed by atoms with Crippen LogP contribution in [0.4, 0.5) is 0 Å². The molecule has 0 heterocycles. The summed E-state index contributed by atoms with van der Waals surface area (Å²) < 4.78 is 17.0. The van der Waals surface area contributed by atoms with Crippen LogP contribution in [0, 0.1) is 0 Å². The van der Waals surface area contributed by atoms with Gasteiger partial charge >= 0.3 is 17.9 Å². The van der Waals surface area contributed by atoms with Gasteiger partial charge in [0.15, 0.2) is 6.10 Å². The highest BCUT2D eigenvalue weighted by Gasteiger charge is 2.19. The van der Waals surface area contributed by atoms with Crippen LogP contribution < -0.4 is 0 Å². The van der Waals surface area contributed by atoms with E-state index in [1.54, 1.807) is 0 Å². The summed E-state index contributed by atoms with van der Waals surface area (Å²) in [5, 5.41) is 0. The Kier molecular flexibility index (Phi) is 64.2. The Labute approximate surface area is 490 Å². The Morgan fingerprint density at radius 1 is 0.266 bits per heavy atom. The molecule has 0 saturated heterocycles. The van der Waals surface area contributed by atoms with Gasteiger partial charge < -0.3 is 14.2 Å². The number of allylic oxidation sites excluding steroid dienone is 14. The molecule has 0 aliphatic heterocycles. The normalized spacial score (nSPS) is 12.6. The Morgan fingerprint density at radius 3 is 0.785 bits per heavy atom. The largest absolute Gasteiger partial charge is 0.462 e. The molecule has 0 spiro atoms. The lowest BCUT2D eigenvalue weighted by atomic mass is 10.0. The predicted molar refractivity (Wildman–Crippen MR) is 344 cm³/mol. The fraction of sp³-hybridized carbons (Fsp3) is 0.767. The zero-order valence-electron chi connectivity index (χ0n) is 52.4. The molecule has 0 aromatic rings. The lowest BCUT2D eigenvalue weighted by molar-refractivity contribution is -0.167. The molecule has 1 atom stereocenters. The number of unbranched alkanes of at least 4 members (excludes halogenated alkanes) is 37. The molecule has 0 radical (unpaired) electrons. The second kappa shape index (κ2) is 67.1. The van der Waals surface area contributed by atoms with E-state index in [1.165, 1.54) is 199 Å². The van der Waals surface area contributed by atoms with E-state index in [2.05, 4.69) is 106 Å². The van der Waals surface area contributed by atoms with Crippen LogP contribution in [0.2, 0.25) is 0 Å². The van der Waals surface area contributed by atoms with Crippen LogP contribution in [0.3, 0.4) is 0 Å². The van der Waals surface area contributed by atoms with Crippen LogP contribution in [-0.4, -0.2) is 37.2 Å². The summed E-state index contributed by atoms with van der Waals surface area (Å²) in [6, 6.07) is 0. The molecule has 6 nitrogen and oxygen atoms in total. The van der Waals surface area contributed by atoms with Crippen LogP contribution in [0.5, 0.6) is 0 Å². The van der Waals surface area contributed by atoms with Gasteiger partial charge in [-0.15, -0.1) is 0 Å². The average molecular weight is 1100 g/mol. The van der Waals surface area contributed by atoms with Gasteiger partial charge in [0.2, 0.25) is 0 Å². The highest BCUT2D eigenvalue weighted by atomic mass is 16.6. The summed E-state index contributed by atoms with van der Waals surface area (Å²) in [4.78, 5) is 38.4. The Bertz CT molecular complexity index is 1500. The first kappa shape index (κ1) is 75.6. The fourth-order valence-electron chi connectivity index (χ4n) is 9.76. The van der Waals surface area contributed by atoms with Gasteiger partial charge in [-0.1, -0.05) is 292 Å². The molecule has 0 N–H and O–H groups in total. The van der Waals surface area contributed by atoms with Crippen molar-refractivity contribution in [3.63, 3.8) is 0 Å². The summed E-state index contributed by atoms with van der Waals surface area (Å²) in [5.41, 5.74) is 0. The molecule has 0 aromatic carbocycles. The van der Waals surface area contributed by atoms with Crippen LogP contribution in [0.25, 0.3) is 0 Å². The van der Waals surface area contributed by atoms with E-state index in [9.17, 15) is 14.4 Å². The fourth-order valence-corrected chi connectivity index (χ4v) is 9.76. The van der Waals surface area contributed by atoms with E-state index >= 15 is 0 Å². The maximum atomic E-state index is 12.9. The van der Waals surface area contributed by atoms with Gasteiger partial charge in [0.1, 0.15) is 13.2 Å². The third-order valence-electron chi connectivity index (χ3n) is 14.9. The van der Waals surface area contributed by atoms with Crippen LogP contribution in [0.15, 0.2) is 85.1 Å². The number of carbonyl (C=O) groups is 3. The van der Waals surface area contributed by atoms with Crippen LogP contribution >= 0.6 is 0 Å². The minimum Gasteiger partial charge on any atom is -0.462 e. The monoisotopic (exact) mass is 1100 g/mol. The van der Waals surface area contributed by atoms with Gasteiger partial charge in [-0.05, 0) is 116 Å². The van der Waals surface area contributed by atoms with Gasteiger partial charge in [-0.3, -0.25) is 14.4 Å². The van der Waals surface area contributed by atoms with E-state index in [0.29, 0.717) is 19.3 Å². The maximum absolute atomic E-state index is 12.9. The maximum Gasteiger partial charge on any atom is 0.306 e. The third-order valence-corrected chi connectivity index (χ3v) is 14.9. The average Bonchev–Trinajstić information content (AvgIpc) is 3.45. The molecule has 456 valence electrons. The van der Waals surface area contributed by atoms with Crippen molar-refractivity contribution < 1.29 is 28.6 Å². The molecule has 0 bridgehead atoms. The highest BCUT2D eigenvalue weighted by molar-refractivity contribution is 5.71. The van der Waals surface area contributed by atoms with Gasteiger partial charge in [0.25, 0.3) is 0 Å². The summed E-state index contributed by atoms with van der Waals surface area (Å²) >= 11 is 0. The van der Waals surface area contributed by atoms with Gasteiger partial charge in [-0.25, -0.2) is 0 Å². The molecule has 79 heavy (non-hydrogen) atoms. The number of rotatable bonds is 62. The SMILES string of the molecule is CC/C=C\C/C=C\C/C=C\C/C=C\CCCCCCCCC(=O)OC(COC(=O)CCCCCCCCC/C=C\CCCCCCCC)COC(=O)CCCCCCCCCCCCCCC/C=C\C/C=C\CCCCCCC. The second-order valence-corrected chi connectivity index (χ2v) is 22.7. The first-order chi connectivity index (χ1) is 39.0. The number of esters is 3. The van der Waals surface area contributed by atoms with Crippen molar-refractivity contribution in [3.8, 4) is 0 Å². The van der Waals surface area contributed by atoms with Crippen molar-refractivity contribution in [1.82, 2.24) is 0 Å². The van der Waals surface area contributed by atoms with Crippen molar-refractivity contribution in [1.29, 1.82) is 0 Å². The van der Waals surface area contributed by atoms with E-state index < -0.39 is 6.10 Å². The quantitative estimate of drug-likeness (QED) is 0.0261. The van der Waals surface area contributed by atoms with Gasteiger partial charge in [0.05, 0.1) is 0 Å². The molecule has 0 aromatic heterocycles. The standard InChI is InChI=1S/C73H128O6/c1-4-7-10-13-16-19-22-25-28-31-33-34-35-36-37-38-40-42-45-48-51-54-57-60-63-66-72(75)78-69-70(68-77-71(74)65-62-59-56-53-50-47-44-41-30-27-24-21-18-15-12-9-6-3)79-73(76)67-64-61-58-55-52-49-46-43-39-32-29-26-23-20-17-14-11-8-5-2/h8,11,17,20,22,25-27,29-31,33,39,43,70H,4-7,9-10,12-16,18-19,21,23-24,28,32,34-38,40-42,44-69H2,1-3H3/b11-8-,20-17-,25-22-,29-26-,30-27-,33-31-,43-39-. The van der Waals surface area contributed by atoms with Crippen LogP contribution in [0.1, 0.15) is 342 Å². The van der Waals surface area contributed by atoms with E-state index in [0.717, 1.165) is 103 Å². The molecule has 0 saturated carbocycles. The zero-order chi connectivity index (χ0) is 57.1. The number of hydrogen-bond donors (Lipinski definition) is 0. The first-order valence-electron chi connectivity index (χ1n) is 34.1. The summed E-state index contributed by atoms with van der Waals surface area (Å²) in [5.74, 6) is -0.886. The number of hydrogen-bond acceptors (Lipinski definition) is 6. The van der Waals surface area contributed by atoms with E-state index in [4.69, 9.17) is 14.2 Å². The van der Waals surface area contributed by atoms with Crippen LogP contribution in [-0.2, 0) is 28.6 Å².